The topological polar surface area (TPSA) is 107 Å². The van der Waals surface area contributed by atoms with Crippen molar-refractivity contribution >= 4 is 28.3 Å². The van der Waals surface area contributed by atoms with Gasteiger partial charge in [0.1, 0.15) is 12.0 Å². The van der Waals surface area contributed by atoms with Crippen molar-refractivity contribution in [2.45, 2.75) is 39.7 Å². The van der Waals surface area contributed by atoms with Crippen molar-refractivity contribution < 1.29 is 4.79 Å². The first-order chi connectivity index (χ1) is 14.0. The minimum absolute atomic E-state index is 0.136. The average Bonchev–Trinajstić information content (AvgIpc) is 3.17. The van der Waals surface area contributed by atoms with Gasteiger partial charge < -0.3 is 5.32 Å². The van der Waals surface area contributed by atoms with E-state index in [1.807, 2.05) is 25.1 Å². The summed E-state index contributed by atoms with van der Waals surface area (Å²) in [6.45, 7) is 6.76. The van der Waals surface area contributed by atoms with Crippen LogP contribution < -0.4 is 10.7 Å². The van der Waals surface area contributed by atoms with Crippen molar-refractivity contribution in [3.63, 3.8) is 0 Å². The fourth-order valence-corrected chi connectivity index (χ4v) is 3.20. The molecule has 0 atom stereocenters. The van der Waals surface area contributed by atoms with Gasteiger partial charge in [-0.15, -0.1) is 15.3 Å². The second-order valence-electron chi connectivity index (χ2n) is 7.10. The van der Waals surface area contributed by atoms with Gasteiger partial charge in [0, 0.05) is 11.9 Å². The summed E-state index contributed by atoms with van der Waals surface area (Å²) in [6, 6.07) is 9.11. The Morgan fingerprint density at radius 2 is 2.00 bits per heavy atom. The molecular formula is C20H21N7O2. The van der Waals surface area contributed by atoms with Crippen LogP contribution in [-0.4, -0.2) is 35.5 Å². The maximum absolute atomic E-state index is 12.9. The van der Waals surface area contributed by atoms with E-state index >= 15 is 0 Å². The summed E-state index contributed by atoms with van der Waals surface area (Å²) < 4.78 is 3.23. The standard InChI is InChI=1S/C20H21N7O2/c1-4-26-16-9-13(12(2)3)5-6-14(16)20(29)15(24-26)10-19(28)22-17-7-8-18-23-21-11-27(18)25-17/h5-9,11-12H,4,10H2,1-3H3,(H,22,25,28). The van der Waals surface area contributed by atoms with Gasteiger partial charge in [0.2, 0.25) is 11.3 Å². The summed E-state index contributed by atoms with van der Waals surface area (Å²) in [5.74, 6) is 0.330. The molecule has 9 heteroatoms. The molecule has 3 heterocycles. The van der Waals surface area contributed by atoms with E-state index in [-0.39, 0.29) is 23.5 Å². The van der Waals surface area contributed by atoms with Crippen molar-refractivity contribution in [3.8, 4) is 0 Å². The van der Waals surface area contributed by atoms with Gasteiger partial charge in [-0.3, -0.25) is 14.3 Å². The van der Waals surface area contributed by atoms with Crippen molar-refractivity contribution in [2.24, 2.45) is 0 Å². The van der Waals surface area contributed by atoms with E-state index in [0.29, 0.717) is 29.3 Å². The molecule has 0 bridgehead atoms. The van der Waals surface area contributed by atoms with E-state index < -0.39 is 0 Å². The summed E-state index contributed by atoms with van der Waals surface area (Å²) in [7, 11) is 0. The van der Waals surface area contributed by atoms with Gasteiger partial charge in [0.05, 0.1) is 11.9 Å². The molecule has 4 aromatic rings. The number of aryl methyl sites for hydroxylation is 1. The maximum atomic E-state index is 12.9. The molecule has 3 aromatic heterocycles. The third kappa shape index (κ3) is 3.58. The monoisotopic (exact) mass is 391 g/mol. The van der Waals surface area contributed by atoms with Crippen LogP contribution in [0.25, 0.3) is 16.6 Å². The molecule has 0 aliphatic carbocycles. The summed E-state index contributed by atoms with van der Waals surface area (Å²) in [6.07, 6.45) is 1.31. The Kier molecular flexibility index (Phi) is 4.79. The third-order valence-corrected chi connectivity index (χ3v) is 4.77. The molecule has 0 radical (unpaired) electrons. The molecule has 9 nitrogen and oxygen atoms in total. The van der Waals surface area contributed by atoms with Crippen molar-refractivity contribution in [1.29, 1.82) is 0 Å². The number of carbonyl (C=O) groups is 1. The van der Waals surface area contributed by atoms with E-state index in [1.165, 1.54) is 10.8 Å². The SMILES string of the molecule is CCn1nc(CC(=O)Nc2ccc3nncn3n2)c(=O)c2ccc(C(C)C)cc21. The fraction of sp³-hybridized carbons (Fsp3) is 0.300. The van der Waals surface area contributed by atoms with Gasteiger partial charge in [-0.05, 0) is 42.7 Å². The quantitative estimate of drug-likeness (QED) is 0.559. The number of benzene rings is 1. The number of fused-ring (bicyclic) bond motifs is 2. The van der Waals surface area contributed by atoms with Gasteiger partial charge >= 0.3 is 0 Å². The Hall–Kier alpha value is -3.62. The van der Waals surface area contributed by atoms with Crippen LogP contribution in [-0.2, 0) is 17.8 Å². The molecule has 0 saturated carbocycles. The summed E-state index contributed by atoms with van der Waals surface area (Å²) in [5, 5.41) is 19.5. The van der Waals surface area contributed by atoms with E-state index in [1.54, 1.807) is 16.8 Å². The first kappa shape index (κ1) is 18.7. The highest BCUT2D eigenvalue weighted by atomic mass is 16.2. The van der Waals surface area contributed by atoms with Crippen LogP contribution in [0.1, 0.15) is 37.9 Å². The van der Waals surface area contributed by atoms with E-state index in [0.717, 1.165) is 11.1 Å². The number of nitrogens with zero attached hydrogens (tertiary/aromatic N) is 6. The highest BCUT2D eigenvalue weighted by molar-refractivity contribution is 5.91. The number of rotatable bonds is 5. The lowest BCUT2D eigenvalue weighted by molar-refractivity contribution is -0.115. The molecule has 1 amide bonds. The van der Waals surface area contributed by atoms with Crippen molar-refractivity contribution in [3.05, 3.63) is 58.1 Å². The summed E-state index contributed by atoms with van der Waals surface area (Å²) in [5.41, 5.74) is 2.48. The number of amides is 1. The molecule has 29 heavy (non-hydrogen) atoms. The molecule has 0 saturated heterocycles. The van der Waals surface area contributed by atoms with Crippen LogP contribution in [0.5, 0.6) is 0 Å². The lowest BCUT2D eigenvalue weighted by Gasteiger charge is -2.13. The van der Waals surface area contributed by atoms with Gasteiger partial charge in [-0.25, -0.2) is 0 Å². The Bertz CT molecular complexity index is 1270. The van der Waals surface area contributed by atoms with Crippen molar-refractivity contribution in [1.82, 2.24) is 29.6 Å². The van der Waals surface area contributed by atoms with Crippen LogP contribution in [0.15, 0.2) is 41.5 Å². The lowest BCUT2D eigenvalue weighted by Crippen LogP contribution is -2.25. The Morgan fingerprint density at radius 1 is 1.17 bits per heavy atom. The number of carbonyl (C=O) groups excluding carboxylic acids is 1. The van der Waals surface area contributed by atoms with Gasteiger partial charge in [0.15, 0.2) is 11.5 Å². The second-order valence-corrected chi connectivity index (χ2v) is 7.10. The lowest BCUT2D eigenvalue weighted by atomic mass is 10.0. The Balaban J connectivity index is 1.64. The molecule has 0 unspecified atom stereocenters. The van der Waals surface area contributed by atoms with E-state index in [4.69, 9.17) is 0 Å². The highest BCUT2D eigenvalue weighted by Gasteiger charge is 2.15. The summed E-state index contributed by atoms with van der Waals surface area (Å²) >= 11 is 0. The first-order valence-electron chi connectivity index (χ1n) is 9.47. The molecular weight excluding hydrogens is 370 g/mol. The minimum atomic E-state index is -0.365. The van der Waals surface area contributed by atoms with Gasteiger partial charge in [0.25, 0.3) is 0 Å². The largest absolute Gasteiger partial charge is 0.309 e. The molecule has 0 aliphatic rings. The van der Waals surface area contributed by atoms with Gasteiger partial charge in [-0.2, -0.15) is 9.61 Å². The number of aromatic nitrogens is 6. The zero-order valence-electron chi connectivity index (χ0n) is 16.5. The maximum Gasteiger partial charge on any atom is 0.231 e. The highest BCUT2D eigenvalue weighted by Crippen LogP contribution is 2.19. The molecule has 0 fully saturated rings. The Morgan fingerprint density at radius 3 is 2.76 bits per heavy atom. The summed E-state index contributed by atoms with van der Waals surface area (Å²) in [4.78, 5) is 25.4. The fourth-order valence-electron chi connectivity index (χ4n) is 3.20. The molecule has 0 spiro atoms. The van der Waals surface area contributed by atoms with Crippen LogP contribution in [0.4, 0.5) is 5.82 Å². The van der Waals surface area contributed by atoms with Crippen LogP contribution >= 0.6 is 0 Å². The molecule has 1 aromatic carbocycles. The first-order valence-corrected chi connectivity index (χ1v) is 9.47. The van der Waals surface area contributed by atoms with E-state index in [2.05, 4.69) is 39.6 Å². The van der Waals surface area contributed by atoms with Crippen LogP contribution in [0.2, 0.25) is 0 Å². The normalized spacial score (nSPS) is 11.4. The van der Waals surface area contributed by atoms with Crippen LogP contribution in [0, 0.1) is 0 Å². The second kappa shape index (κ2) is 7.42. The van der Waals surface area contributed by atoms with Crippen molar-refractivity contribution in [2.75, 3.05) is 5.32 Å². The number of nitrogens with one attached hydrogen (secondary N) is 1. The molecule has 0 aliphatic heterocycles. The predicted molar refractivity (Wildman–Crippen MR) is 109 cm³/mol. The number of hydrogen-bond acceptors (Lipinski definition) is 6. The Labute approximate surface area is 166 Å². The zero-order chi connectivity index (χ0) is 20.5. The number of hydrogen-bond donors (Lipinski definition) is 1. The molecule has 148 valence electrons. The van der Waals surface area contributed by atoms with Crippen LogP contribution in [0.3, 0.4) is 0 Å². The predicted octanol–water partition coefficient (Wildman–Crippen LogP) is 2.16. The van der Waals surface area contributed by atoms with E-state index in [9.17, 15) is 9.59 Å². The zero-order valence-corrected chi connectivity index (χ0v) is 16.5. The molecule has 4 rings (SSSR count). The minimum Gasteiger partial charge on any atom is -0.309 e. The third-order valence-electron chi connectivity index (χ3n) is 4.77. The smallest absolute Gasteiger partial charge is 0.231 e. The number of anilines is 1. The van der Waals surface area contributed by atoms with Gasteiger partial charge in [-0.1, -0.05) is 19.9 Å². The molecule has 1 N–H and O–H groups in total. The average molecular weight is 391 g/mol.